The summed E-state index contributed by atoms with van der Waals surface area (Å²) in [6, 6.07) is 4.30. The number of hydrogen-bond acceptors (Lipinski definition) is 5. The molecule has 25 heavy (non-hydrogen) atoms. The zero-order valence-corrected chi connectivity index (χ0v) is 14.1. The van der Waals surface area contributed by atoms with E-state index in [0.29, 0.717) is 44.5 Å². The van der Waals surface area contributed by atoms with Crippen LogP contribution in [0.2, 0.25) is 0 Å². The second-order valence-electron chi connectivity index (χ2n) is 6.72. The molecule has 0 unspecified atom stereocenters. The molecule has 2 aliphatic rings. The fraction of sp³-hybridized carbons (Fsp3) is 0.467. The number of likely N-dealkylation sites (tertiary alicyclic amines) is 1. The summed E-state index contributed by atoms with van der Waals surface area (Å²) in [6.45, 7) is 1.64. The number of carboxylic acid groups (broad SMARTS) is 1. The van der Waals surface area contributed by atoms with Crippen molar-refractivity contribution in [2.45, 2.75) is 17.7 Å². The van der Waals surface area contributed by atoms with Crippen LogP contribution in [0.3, 0.4) is 0 Å². The van der Waals surface area contributed by atoms with Gasteiger partial charge in [0.05, 0.1) is 10.4 Å². The second-order valence-corrected chi connectivity index (χ2v) is 8.65. The zero-order chi connectivity index (χ0) is 17.8. The summed E-state index contributed by atoms with van der Waals surface area (Å²) in [6.07, 6.45) is 0.397. The van der Waals surface area contributed by atoms with Crippen molar-refractivity contribution >= 4 is 27.2 Å². The molecular formula is C15H17N3O6S. The maximum Gasteiger partial charge on any atom is 0.417 e. The molecule has 9 nitrogen and oxygen atoms in total. The highest BCUT2D eigenvalue weighted by atomic mass is 32.2. The van der Waals surface area contributed by atoms with Gasteiger partial charge in [-0.1, -0.05) is 0 Å². The molecular weight excluding hydrogens is 350 g/mol. The molecule has 0 aliphatic carbocycles. The van der Waals surface area contributed by atoms with E-state index < -0.39 is 21.9 Å². The first-order valence-electron chi connectivity index (χ1n) is 7.90. The Kier molecular flexibility index (Phi) is 3.45. The number of piperidine rings is 1. The van der Waals surface area contributed by atoms with Crippen molar-refractivity contribution in [2.24, 2.45) is 5.41 Å². The minimum atomic E-state index is -3.66. The number of nitrogens with zero attached hydrogens (tertiary/aromatic N) is 2. The lowest BCUT2D eigenvalue weighted by Crippen LogP contribution is -2.62. The number of amides is 1. The Bertz CT molecular complexity index is 992. The predicted octanol–water partition coefficient (Wildman–Crippen LogP) is 0.886. The number of fused-ring (bicyclic) bond motifs is 1. The summed E-state index contributed by atoms with van der Waals surface area (Å²) in [5.41, 5.74) is 0.519. The Morgan fingerprint density at radius 1 is 1.24 bits per heavy atom. The fourth-order valence-corrected chi connectivity index (χ4v) is 5.28. The molecule has 2 saturated heterocycles. The van der Waals surface area contributed by atoms with Gasteiger partial charge in [-0.15, -0.1) is 0 Å². The fourth-order valence-electron chi connectivity index (χ4n) is 3.60. The number of benzene rings is 1. The molecule has 1 spiro atoms. The Morgan fingerprint density at radius 3 is 2.56 bits per heavy atom. The van der Waals surface area contributed by atoms with Crippen LogP contribution in [0.4, 0.5) is 4.79 Å². The molecule has 3 heterocycles. The van der Waals surface area contributed by atoms with Gasteiger partial charge in [0, 0.05) is 37.7 Å². The average molecular weight is 367 g/mol. The molecule has 1 amide bonds. The lowest BCUT2D eigenvalue weighted by molar-refractivity contribution is 0.00440. The van der Waals surface area contributed by atoms with Crippen LogP contribution in [0.1, 0.15) is 12.8 Å². The van der Waals surface area contributed by atoms with E-state index in [2.05, 4.69) is 4.98 Å². The van der Waals surface area contributed by atoms with Crippen molar-refractivity contribution in [2.75, 3.05) is 26.2 Å². The van der Waals surface area contributed by atoms with Crippen LogP contribution in [-0.2, 0) is 10.0 Å². The van der Waals surface area contributed by atoms with Gasteiger partial charge in [-0.25, -0.2) is 18.0 Å². The van der Waals surface area contributed by atoms with Crippen molar-refractivity contribution in [3.05, 3.63) is 28.7 Å². The van der Waals surface area contributed by atoms with Gasteiger partial charge in [-0.3, -0.25) is 4.98 Å². The van der Waals surface area contributed by atoms with Crippen LogP contribution in [0.5, 0.6) is 0 Å². The summed E-state index contributed by atoms with van der Waals surface area (Å²) >= 11 is 0. The average Bonchev–Trinajstić information content (AvgIpc) is 2.91. The Balaban J connectivity index is 1.50. The van der Waals surface area contributed by atoms with E-state index in [1.54, 1.807) is 0 Å². The highest BCUT2D eigenvalue weighted by molar-refractivity contribution is 7.89. The van der Waals surface area contributed by atoms with E-state index >= 15 is 0 Å². The van der Waals surface area contributed by atoms with E-state index in [0.717, 1.165) is 0 Å². The summed E-state index contributed by atoms with van der Waals surface area (Å²) in [5, 5.41) is 9.00. The van der Waals surface area contributed by atoms with E-state index in [4.69, 9.17) is 9.52 Å². The Labute approximate surface area is 142 Å². The van der Waals surface area contributed by atoms with E-state index in [9.17, 15) is 18.0 Å². The van der Waals surface area contributed by atoms with Gasteiger partial charge < -0.3 is 14.4 Å². The highest BCUT2D eigenvalue weighted by Crippen LogP contribution is 2.43. The van der Waals surface area contributed by atoms with Crippen molar-refractivity contribution in [3.63, 3.8) is 0 Å². The largest absolute Gasteiger partial charge is 0.465 e. The van der Waals surface area contributed by atoms with Crippen molar-refractivity contribution in [1.82, 2.24) is 14.2 Å². The first kappa shape index (κ1) is 16.2. The topological polar surface area (TPSA) is 124 Å². The van der Waals surface area contributed by atoms with E-state index in [1.807, 2.05) is 0 Å². The first-order valence-corrected chi connectivity index (χ1v) is 9.34. The number of aromatic amines is 1. The lowest BCUT2D eigenvalue weighted by Gasteiger charge is -2.52. The maximum atomic E-state index is 12.8. The normalized spacial score (nSPS) is 20.7. The number of rotatable bonds is 2. The summed E-state index contributed by atoms with van der Waals surface area (Å²) < 4.78 is 31.8. The third-order valence-electron chi connectivity index (χ3n) is 5.15. The SMILES string of the molecule is O=C(O)N1CCC2(CC1)CN(S(=O)(=O)c1ccc3[nH]c(=O)oc3c1)C2. The number of nitrogens with one attached hydrogen (secondary N) is 1. The molecule has 134 valence electrons. The first-order chi connectivity index (χ1) is 11.8. The summed E-state index contributed by atoms with van der Waals surface area (Å²) in [5.74, 6) is -0.627. The molecule has 1 aromatic heterocycles. The predicted molar refractivity (Wildman–Crippen MR) is 86.9 cm³/mol. The molecule has 0 bridgehead atoms. The smallest absolute Gasteiger partial charge is 0.417 e. The standard InChI is InChI=1S/C15H17N3O6S/c19-13-16-11-2-1-10(7-12(11)24-13)25(22,23)18-8-15(9-18)3-5-17(6-4-15)14(20)21/h1-2,7H,3-6,8-9H2,(H,16,19)(H,20,21). The molecule has 10 heteroatoms. The van der Waals surface area contributed by atoms with Crippen molar-refractivity contribution in [1.29, 1.82) is 0 Å². The van der Waals surface area contributed by atoms with Crippen LogP contribution < -0.4 is 5.76 Å². The van der Waals surface area contributed by atoms with E-state index in [-0.39, 0.29) is 15.9 Å². The minimum absolute atomic E-state index is 0.0839. The molecule has 2 N–H and O–H groups in total. The number of carbonyl (C=O) groups is 1. The van der Waals surface area contributed by atoms with Gasteiger partial charge in [0.1, 0.15) is 0 Å². The molecule has 2 aliphatic heterocycles. The number of aromatic nitrogens is 1. The summed E-state index contributed by atoms with van der Waals surface area (Å²) in [4.78, 5) is 26.1. The van der Waals surface area contributed by atoms with Gasteiger partial charge in [0.25, 0.3) is 0 Å². The molecule has 0 saturated carbocycles. The number of oxazole rings is 1. The summed E-state index contributed by atoms with van der Waals surface area (Å²) in [7, 11) is -3.66. The molecule has 1 aromatic carbocycles. The van der Waals surface area contributed by atoms with Crippen LogP contribution in [0.25, 0.3) is 11.1 Å². The molecule has 0 radical (unpaired) electrons. The monoisotopic (exact) mass is 367 g/mol. The van der Waals surface area contributed by atoms with Crippen molar-refractivity contribution in [3.8, 4) is 0 Å². The maximum absolute atomic E-state index is 12.8. The second kappa shape index (κ2) is 5.33. The highest BCUT2D eigenvalue weighted by Gasteiger charge is 2.50. The van der Waals surface area contributed by atoms with Gasteiger partial charge in [-0.2, -0.15) is 4.31 Å². The van der Waals surface area contributed by atoms with Crippen LogP contribution in [0.15, 0.2) is 32.3 Å². The zero-order valence-electron chi connectivity index (χ0n) is 13.3. The van der Waals surface area contributed by atoms with Gasteiger partial charge in [0.15, 0.2) is 5.58 Å². The van der Waals surface area contributed by atoms with Crippen LogP contribution in [-0.4, -0.2) is 60.0 Å². The van der Waals surface area contributed by atoms with Gasteiger partial charge >= 0.3 is 11.8 Å². The van der Waals surface area contributed by atoms with Crippen LogP contribution >= 0.6 is 0 Å². The van der Waals surface area contributed by atoms with Gasteiger partial charge in [0.2, 0.25) is 10.0 Å². The number of H-pyrrole nitrogens is 1. The lowest BCUT2D eigenvalue weighted by atomic mass is 9.73. The molecule has 4 rings (SSSR count). The third-order valence-corrected chi connectivity index (χ3v) is 6.94. The van der Waals surface area contributed by atoms with Gasteiger partial charge in [-0.05, 0) is 25.0 Å². The Hall–Kier alpha value is -2.33. The number of hydrogen-bond donors (Lipinski definition) is 2. The molecule has 0 atom stereocenters. The van der Waals surface area contributed by atoms with Crippen molar-refractivity contribution < 1.29 is 22.7 Å². The van der Waals surface area contributed by atoms with E-state index in [1.165, 1.54) is 27.4 Å². The molecule has 2 fully saturated rings. The third kappa shape index (κ3) is 2.61. The number of sulfonamides is 1. The molecule has 2 aromatic rings. The Morgan fingerprint density at radius 2 is 1.92 bits per heavy atom. The minimum Gasteiger partial charge on any atom is -0.465 e. The van der Waals surface area contributed by atoms with Crippen LogP contribution in [0, 0.1) is 5.41 Å². The quantitative estimate of drug-likeness (QED) is 0.812.